The molecule has 0 radical (unpaired) electrons. The molecule has 3 rings (SSSR count). The average Bonchev–Trinajstić information content (AvgIpc) is 2.78. The summed E-state index contributed by atoms with van der Waals surface area (Å²) in [5.41, 5.74) is 3.94. The molecule has 0 aliphatic carbocycles. The molecule has 3 aromatic carbocycles. The van der Waals surface area contributed by atoms with Crippen LogP contribution in [0.3, 0.4) is 0 Å². The van der Waals surface area contributed by atoms with Crippen molar-refractivity contribution in [2.75, 3.05) is 13.7 Å². The highest BCUT2D eigenvalue weighted by Crippen LogP contribution is 2.28. The van der Waals surface area contributed by atoms with E-state index in [0.29, 0.717) is 28.4 Å². The SMILES string of the molecule is COc1ccccc1/C(C#N)=C\c1cccc(OC(=O)COc2cccc(C)c2C)c1. The first kappa shape index (κ1) is 21.7. The van der Waals surface area contributed by atoms with Gasteiger partial charge in [0.1, 0.15) is 17.2 Å². The van der Waals surface area contributed by atoms with E-state index in [-0.39, 0.29) is 6.61 Å². The van der Waals surface area contributed by atoms with E-state index in [1.807, 2.05) is 56.3 Å². The molecule has 0 spiro atoms. The van der Waals surface area contributed by atoms with Crippen LogP contribution >= 0.6 is 0 Å². The minimum atomic E-state index is -0.507. The number of carbonyl (C=O) groups is 1. The van der Waals surface area contributed by atoms with Gasteiger partial charge in [-0.25, -0.2) is 4.79 Å². The van der Waals surface area contributed by atoms with E-state index in [0.717, 1.165) is 16.7 Å². The predicted molar refractivity (Wildman–Crippen MR) is 120 cm³/mol. The summed E-state index contributed by atoms with van der Waals surface area (Å²) < 4.78 is 16.4. The van der Waals surface area contributed by atoms with Crippen LogP contribution in [0.25, 0.3) is 11.6 Å². The van der Waals surface area contributed by atoms with Gasteiger partial charge < -0.3 is 14.2 Å². The molecule has 0 heterocycles. The van der Waals surface area contributed by atoms with Crippen LogP contribution in [0.5, 0.6) is 17.2 Å². The molecule has 0 aliphatic heterocycles. The van der Waals surface area contributed by atoms with E-state index in [1.54, 1.807) is 37.5 Å². The molecule has 0 unspecified atom stereocenters. The minimum Gasteiger partial charge on any atom is -0.496 e. The van der Waals surface area contributed by atoms with E-state index >= 15 is 0 Å². The lowest BCUT2D eigenvalue weighted by molar-refractivity contribution is -0.136. The van der Waals surface area contributed by atoms with Gasteiger partial charge in [-0.1, -0.05) is 36.4 Å². The fraction of sp³-hybridized carbons (Fsp3) is 0.154. The topological polar surface area (TPSA) is 68.5 Å². The first-order chi connectivity index (χ1) is 15.0. The molecule has 3 aromatic rings. The lowest BCUT2D eigenvalue weighted by atomic mass is 10.0. The standard InChI is InChI=1S/C26H23NO4/c1-18-8-6-13-24(19(18)2)30-17-26(28)31-22-10-7-9-20(15-22)14-21(16-27)23-11-4-5-12-25(23)29-3/h4-15H,17H2,1-3H3/b21-14-. The van der Waals surface area contributed by atoms with Gasteiger partial charge in [-0.2, -0.15) is 5.26 Å². The van der Waals surface area contributed by atoms with Gasteiger partial charge in [-0.3, -0.25) is 0 Å². The monoisotopic (exact) mass is 413 g/mol. The van der Waals surface area contributed by atoms with Crippen LogP contribution in [0, 0.1) is 25.2 Å². The third kappa shape index (κ3) is 5.52. The summed E-state index contributed by atoms with van der Waals surface area (Å²) in [7, 11) is 1.56. The van der Waals surface area contributed by atoms with Crippen molar-refractivity contribution in [1.82, 2.24) is 0 Å². The fourth-order valence-corrected chi connectivity index (χ4v) is 3.05. The van der Waals surface area contributed by atoms with Crippen molar-refractivity contribution in [2.45, 2.75) is 13.8 Å². The van der Waals surface area contributed by atoms with Crippen molar-refractivity contribution in [3.8, 4) is 23.3 Å². The Morgan fingerprint density at radius 3 is 2.52 bits per heavy atom. The minimum absolute atomic E-state index is 0.199. The van der Waals surface area contributed by atoms with Crippen molar-refractivity contribution in [2.24, 2.45) is 0 Å². The number of para-hydroxylation sites is 1. The molecule has 0 aliphatic rings. The van der Waals surface area contributed by atoms with Gasteiger partial charge in [0.15, 0.2) is 6.61 Å². The molecule has 0 saturated heterocycles. The van der Waals surface area contributed by atoms with Crippen molar-refractivity contribution in [1.29, 1.82) is 5.26 Å². The molecule has 5 nitrogen and oxygen atoms in total. The number of esters is 1. The zero-order valence-electron chi connectivity index (χ0n) is 17.7. The number of methoxy groups -OCH3 is 1. The zero-order chi connectivity index (χ0) is 22.2. The van der Waals surface area contributed by atoms with Gasteiger partial charge in [0.05, 0.1) is 18.8 Å². The number of hydrogen-bond acceptors (Lipinski definition) is 5. The number of nitrogens with zero attached hydrogens (tertiary/aromatic N) is 1. The summed E-state index contributed by atoms with van der Waals surface area (Å²) in [5, 5.41) is 9.62. The molecule has 5 heteroatoms. The third-order valence-corrected chi connectivity index (χ3v) is 4.82. The first-order valence-corrected chi connectivity index (χ1v) is 9.76. The van der Waals surface area contributed by atoms with E-state index in [9.17, 15) is 10.1 Å². The molecular weight excluding hydrogens is 390 g/mol. The summed E-state index contributed by atoms with van der Waals surface area (Å²) in [6.07, 6.45) is 1.72. The normalized spacial score (nSPS) is 10.8. The Labute approximate surface area is 182 Å². The number of benzene rings is 3. The highest BCUT2D eigenvalue weighted by molar-refractivity contribution is 5.91. The van der Waals surface area contributed by atoms with E-state index < -0.39 is 5.97 Å². The van der Waals surface area contributed by atoms with Crippen LogP contribution in [-0.2, 0) is 4.79 Å². The Morgan fingerprint density at radius 1 is 1.00 bits per heavy atom. The highest BCUT2D eigenvalue weighted by atomic mass is 16.6. The molecule has 31 heavy (non-hydrogen) atoms. The molecule has 0 aromatic heterocycles. The number of rotatable bonds is 7. The number of allylic oxidation sites excluding steroid dienone is 1. The van der Waals surface area contributed by atoms with Crippen LogP contribution in [0.15, 0.2) is 66.7 Å². The summed E-state index contributed by atoms with van der Waals surface area (Å²) in [6.45, 7) is 3.73. The quantitative estimate of drug-likeness (QED) is 0.226. The zero-order valence-corrected chi connectivity index (χ0v) is 17.7. The molecule has 0 N–H and O–H groups in total. The van der Waals surface area contributed by atoms with Crippen LogP contribution in [0.4, 0.5) is 0 Å². The summed E-state index contributed by atoms with van der Waals surface area (Å²) in [4.78, 5) is 12.2. The van der Waals surface area contributed by atoms with Gasteiger partial charge in [-0.15, -0.1) is 0 Å². The second-order valence-corrected chi connectivity index (χ2v) is 6.90. The Bertz CT molecular complexity index is 1160. The van der Waals surface area contributed by atoms with E-state index in [1.165, 1.54) is 0 Å². The maximum atomic E-state index is 12.2. The molecule has 0 atom stereocenters. The summed E-state index contributed by atoms with van der Waals surface area (Å²) >= 11 is 0. The number of nitriles is 1. The Kier molecular flexibility index (Phi) is 7.08. The molecule has 0 amide bonds. The van der Waals surface area contributed by atoms with Gasteiger partial charge in [-0.05, 0) is 66.9 Å². The summed E-state index contributed by atoms with van der Waals surface area (Å²) in [6, 6.07) is 22.2. The van der Waals surface area contributed by atoms with Crippen molar-refractivity contribution >= 4 is 17.6 Å². The lowest BCUT2D eigenvalue weighted by Crippen LogP contribution is -2.18. The maximum Gasteiger partial charge on any atom is 0.349 e. The number of carbonyl (C=O) groups excluding carboxylic acids is 1. The van der Waals surface area contributed by atoms with Crippen LogP contribution < -0.4 is 14.2 Å². The van der Waals surface area contributed by atoms with Crippen molar-refractivity contribution in [3.63, 3.8) is 0 Å². The second-order valence-electron chi connectivity index (χ2n) is 6.90. The third-order valence-electron chi connectivity index (χ3n) is 4.82. The average molecular weight is 413 g/mol. The second kappa shape index (κ2) is 10.1. The van der Waals surface area contributed by atoms with E-state index in [2.05, 4.69) is 6.07 Å². The van der Waals surface area contributed by atoms with Gasteiger partial charge in [0, 0.05) is 5.56 Å². The Morgan fingerprint density at radius 2 is 1.74 bits per heavy atom. The van der Waals surface area contributed by atoms with Crippen molar-refractivity contribution < 1.29 is 19.0 Å². The predicted octanol–water partition coefficient (Wildman–Crippen LogP) is 5.36. The Hall–Kier alpha value is -4.04. The van der Waals surface area contributed by atoms with Gasteiger partial charge in [0.25, 0.3) is 0 Å². The van der Waals surface area contributed by atoms with Crippen LogP contribution in [0.2, 0.25) is 0 Å². The Balaban J connectivity index is 1.72. The van der Waals surface area contributed by atoms with Crippen LogP contribution in [0.1, 0.15) is 22.3 Å². The fourth-order valence-electron chi connectivity index (χ4n) is 3.05. The largest absolute Gasteiger partial charge is 0.496 e. The summed E-state index contributed by atoms with van der Waals surface area (Å²) in [5.74, 6) is 1.14. The highest BCUT2D eigenvalue weighted by Gasteiger charge is 2.10. The number of aryl methyl sites for hydroxylation is 1. The molecule has 0 bridgehead atoms. The lowest BCUT2D eigenvalue weighted by Gasteiger charge is -2.11. The van der Waals surface area contributed by atoms with Gasteiger partial charge >= 0.3 is 5.97 Å². The molecular formula is C26H23NO4. The molecule has 0 saturated carbocycles. The smallest absolute Gasteiger partial charge is 0.349 e. The molecule has 156 valence electrons. The van der Waals surface area contributed by atoms with Crippen LogP contribution in [-0.4, -0.2) is 19.7 Å². The van der Waals surface area contributed by atoms with Crippen molar-refractivity contribution in [3.05, 3.63) is 89.0 Å². The maximum absolute atomic E-state index is 12.2. The number of hydrogen-bond donors (Lipinski definition) is 0. The number of ether oxygens (including phenoxy) is 3. The first-order valence-electron chi connectivity index (χ1n) is 9.76. The molecule has 0 fully saturated rings. The van der Waals surface area contributed by atoms with E-state index in [4.69, 9.17) is 14.2 Å². The van der Waals surface area contributed by atoms with Gasteiger partial charge in [0.2, 0.25) is 0 Å².